The van der Waals surface area contributed by atoms with Crippen LogP contribution in [0.5, 0.6) is 0 Å². The summed E-state index contributed by atoms with van der Waals surface area (Å²) in [6, 6.07) is 4.19. The molecule has 1 aromatic carbocycles. The van der Waals surface area contributed by atoms with Crippen molar-refractivity contribution in [3.8, 4) is 0 Å². The van der Waals surface area contributed by atoms with Crippen LogP contribution in [0.2, 0.25) is 0 Å². The van der Waals surface area contributed by atoms with E-state index in [0.717, 1.165) is 5.56 Å². The predicted octanol–water partition coefficient (Wildman–Crippen LogP) is 1.88. The number of aryl methyl sites for hydroxylation is 1. The highest BCUT2D eigenvalue weighted by Crippen LogP contribution is 2.09. The molecule has 0 atom stereocenters. The molecule has 0 fully saturated rings. The quantitative estimate of drug-likeness (QED) is 0.741. The molecule has 0 saturated carbocycles. The van der Waals surface area contributed by atoms with Gasteiger partial charge < -0.3 is 5.32 Å². The van der Waals surface area contributed by atoms with Gasteiger partial charge in [0.15, 0.2) is 0 Å². The molecule has 0 aromatic heterocycles. The second-order valence-electron chi connectivity index (χ2n) is 2.82. The first-order chi connectivity index (χ1) is 6.15. The summed E-state index contributed by atoms with van der Waals surface area (Å²) in [4.78, 5) is 11.3. The molecule has 0 aliphatic carbocycles. The van der Waals surface area contributed by atoms with Crippen LogP contribution >= 0.6 is 0 Å². The topological polar surface area (TPSA) is 29.1 Å². The van der Waals surface area contributed by atoms with Gasteiger partial charge in [0.05, 0.1) is 0 Å². The van der Waals surface area contributed by atoms with Crippen LogP contribution in [0.1, 0.15) is 22.8 Å². The highest BCUT2D eigenvalue weighted by molar-refractivity contribution is 5.95. The molecular weight excluding hydrogens is 169 g/mol. The van der Waals surface area contributed by atoms with Gasteiger partial charge in [-0.15, -0.1) is 0 Å². The van der Waals surface area contributed by atoms with Crippen molar-refractivity contribution in [1.29, 1.82) is 0 Å². The van der Waals surface area contributed by atoms with Crippen molar-refractivity contribution in [2.75, 3.05) is 6.54 Å². The number of carbonyl (C=O) groups is 1. The lowest BCUT2D eigenvalue weighted by Crippen LogP contribution is -2.23. The molecule has 70 valence electrons. The van der Waals surface area contributed by atoms with Gasteiger partial charge in [0.1, 0.15) is 5.82 Å². The average Bonchev–Trinajstić information content (AvgIpc) is 2.09. The number of halogens is 1. The van der Waals surface area contributed by atoms with Gasteiger partial charge in [-0.2, -0.15) is 0 Å². The fourth-order valence-electron chi connectivity index (χ4n) is 1.09. The minimum Gasteiger partial charge on any atom is -0.352 e. The van der Waals surface area contributed by atoms with Gasteiger partial charge in [-0.25, -0.2) is 4.39 Å². The first-order valence-corrected chi connectivity index (χ1v) is 4.19. The number of hydrogen-bond donors (Lipinski definition) is 1. The van der Waals surface area contributed by atoms with Crippen molar-refractivity contribution in [1.82, 2.24) is 5.32 Å². The Kier molecular flexibility index (Phi) is 3.01. The third-order valence-electron chi connectivity index (χ3n) is 1.78. The standard InChI is InChI=1S/C10H12FNO/c1-3-12-10(13)9-6-8(11)5-4-7(9)2/h4-6H,3H2,1-2H3,(H,12,13). The van der Waals surface area contributed by atoms with E-state index in [1.165, 1.54) is 12.1 Å². The summed E-state index contributed by atoms with van der Waals surface area (Å²) in [6.07, 6.45) is 0. The Hall–Kier alpha value is -1.38. The molecule has 1 amide bonds. The number of nitrogens with one attached hydrogen (secondary N) is 1. The van der Waals surface area contributed by atoms with Crippen LogP contribution in [-0.4, -0.2) is 12.5 Å². The van der Waals surface area contributed by atoms with Crippen molar-refractivity contribution >= 4 is 5.91 Å². The summed E-state index contributed by atoms with van der Waals surface area (Å²) in [5.41, 5.74) is 1.19. The zero-order valence-electron chi connectivity index (χ0n) is 7.73. The second kappa shape index (κ2) is 4.03. The molecule has 1 aromatic rings. The smallest absolute Gasteiger partial charge is 0.251 e. The Labute approximate surface area is 76.8 Å². The predicted molar refractivity (Wildman–Crippen MR) is 49.1 cm³/mol. The molecule has 0 radical (unpaired) electrons. The zero-order valence-corrected chi connectivity index (χ0v) is 7.73. The molecule has 0 saturated heterocycles. The molecule has 0 aliphatic rings. The van der Waals surface area contributed by atoms with Gasteiger partial charge in [0.2, 0.25) is 0 Å². The third kappa shape index (κ3) is 2.28. The minimum atomic E-state index is -0.383. The molecule has 0 aliphatic heterocycles. The minimum absolute atomic E-state index is 0.223. The number of rotatable bonds is 2. The van der Waals surface area contributed by atoms with Crippen LogP contribution in [-0.2, 0) is 0 Å². The maximum Gasteiger partial charge on any atom is 0.251 e. The molecule has 2 nitrogen and oxygen atoms in total. The van der Waals surface area contributed by atoms with Crippen molar-refractivity contribution in [3.05, 3.63) is 35.1 Å². The summed E-state index contributed by atoms with van der Waals surface area (Å²) in [5.74, 6) is -0.605. The van der Waals surface area contributed by atoms with E-state index in [1.807, 2.05) is 6.92 Å². The van der Waals surface area contributed by atoms with E-state index in [0.29, 0.717) is 12.1 Å². The molecule has 0 bridgehead atoms. The molecule has 0 spiro atoms. The van der Waals surface area contributed by atoms with Crippen molar-refractivity contribution in [2.24, 2.45) is 0 Å². The highest BCUT2D eigenvalue weighted by Gasteiger charge is 2.07. The number of hydrogen-bond acceptors (Lipinski definition) is 1. The number of amides is 1. The summed E-state index contributed by atoms with van der Waals surface area (Å²) in [6.45, 7) is 4.16. The van der Waals surface area contributed by atoms with Crippen LogP contribution in [0.25, 0.3) is 0 Å². The lowest BCUT2D eigenvalue weighted by molar-refractivity contribution is 0.0955. The molecule has 1 rings (SSSR count). The van der Waals surface area contributed by atoms with Crippen LogP contribution in [0.15, 0.2) is 18.2 Å². The number of carbonyl (C=O) groups excluding carboxylic acids is 1. The fraction of sp³-hybridized carbons (Fsp3) is 0.300. The van der Waals surface area contributed by atoms with E-state index >= 15 is 0 Å². The molecule has 0 heterocycles. The van der Waals surface area contributed by atoms with E-state index < -0.39 is 0 Å². The largest absolute Gasteiger partial charge is 0.352 e. The highest BCUT2D eigenvalue weighted by atomic mass is 19.1. The van der Waals surface area contributed by atoms with Crippen molar-refractivity contribution in [2.45, 2.75) is 13.8 Å². The van der Waals surface area contributed by atoms with Gasteiger partial charge in [0, 0.05) is 12.1 Å². The first kappa shape index (κ1) is 9.71. The Morgan fingerprint density at radius 3 is 2.85 bits per heavy atom. The van der Waals surface area contributed by atoms with Crippen molar-refractivity contribution < 1.29 is 9.18 Å². The van der Waals surface area contributed by atoms with Gasteiger partial charge in [-0.1, -0.05) is 6.07 Å². The SMILES string of the molecule is CCNC(=O)c1cc(F)ccc1C. The number of benzene rings is 1. The summed E-state index contributed by atoms with van der Waals surface area (Å²) in [7, 11) is 0. The van der Waals surface area contributed by atoms with Gasteiger partial charge in [-0.05, 0) is 31.5 Å². The molecular formula is C10H12FNO. The lowest BCUT2D eigenvalue weighted by atomic mass is 10.1. The molecule has 0 unspecified atom stereocenters. The Morgan fingerprint density at radius 1 is 1.54 bits per heavy atom. The van der Waals surface area contributed by atoms with Crippen LogP contribution in [0.4, 0.5) is 4.39 Å². The van der Waals surface area contributed by atoms with E-state index in [4.69, 9.17) is 0 Å². The summed E-state index contributed by atoms with van der Waals surface area (Å²) in [5, 5.41) is 2.62. The third-order valence-corrected chi connectivity index (χ3v) is 1.78. The summed E-state index contributed by atoms with van der Waals surface area (Å²) < 4.78 is 12.8. The second-order valence-corrected chi connectivity index (χ2v) is 2.82. The maximum absolute atomic E-state index is 12.8. The van der Waals surface area contributed by atoms with Gasteiger partial charge >= 0.3 is 0 Å². The van der Waals surface area contributed by atoms with Crippen LogP contribution in [0.3, 0.4) is 0 Å². The average molecular weight is 181 g/mol. The van der Waals surface area contributed by atoms with E-state index in [-0.39, 0.29) is 11.7 Å². The van der Waals surface area contributed by atoms with Crippen LogP contribution < -0.4 is 5.32 Å². The van der Waals surface area contributed by atoms with Gasteiger partial charge in [0.25, 0.3) is 5.91 Å². The Balaban J connectivity index is 2.99. The normalized spacial score (nSPS) is 9.77. The summed E-state index contributed by atoms with van der Waals surface area (Å²) >= 11 is 0. The maximum atomic E-state index is 12.8. The monoisotopic (exact) mass is 181 g/mol. The van der Waals surface area contributed by atoms with Crippen LogP contribution in [0, 0.1) is 12.7 Å². The molecule has 13 heavy (non-hydrogen) atoms. The fourth-order valence-corrected chi connectivity index (χ4v) is 1.09. The van der Waals surface area contributed by atoms with E-state index in [1.54, 1.807) is 13.0 Å². The van der Waals surface area contributed by atoms with Crippen molar-refractivity contribution in [3.63, 3.8) is 0 Å². The Morgan fingerprint density at radius 2 is 2.23 bits per heavy atom. The van der Waals surface area contributed by atoms with Gasteiger partial charge in [-0.3, -0.25) is 4.79 Å². The zero-order chi connectivity index (χ0) is 9.84. The Bertz CT molecular complexity index is 323. The molecule has 1 N–H and O–H groups in total. The first-order valence-electron chi connectivity index (χ1n) is 4.19. The van der Waals surface area contributed by atoms with E-state index in [9.17, 15) is 9.18 Å². The van der Waals surface area contributed by atoms with E-state index in [2.05, 4.69) is 5.32 Å². The lowest BCUT2D eigenvalue weighted by Gasteiger charge is -2.05. The molecule has 3 heteroatoms.